The number of ether oxygens (including phenoxy) is 1. The van der Waals surface area contributed by atoms with Crippen molar-refractivity contribution in [1.29, 1.82) is 0 Å². The second-order valence-corrected chi connectivity index (χ2v) is 2.93. The molecule has 72 valence electrons. The minimum atomic E-state index is -3.06. The van der Waals surface area contributed by atoms with Gasteiger partial charge in [-0.1, -0.05) is 0 Å². The van der Waals surface area contributed by atoms with Crippen molar-refractivity contribution in [2.45, 2.75) is 6.61 Å². The highest BCUT2D eigenvalue weighted by Crippen LogP contribution is 2.25. The Hall–Kier alpha value is -0.780. The monoisotopic (exact) mass is 258 g/mol. The van der Waals surface area contributed by atoms with Crippen LogP contribution in [0.3, 0.4) is 0 Å². The Bertz CT molecular complexity index is 292. The van der Waals surface area contributed by atoms with Gasteiger partial charge in [-0.15, -0.1) is 0 Å². The molecule has 0 heterocycles. The Morgan fingerprint density at radius 2 is 1.85 bits per heavy atom. The van der Waals surface area contributed by atoms with Gasteiger partial charge in [0.1, 0.15) is 5.75 Å². The molecular weight excluding hydrogens is 256 g/mol. The van der Waals surface area contributed by atoms with E-state index in [9.17, 15) is 17.6 Å². The first-order chi connectivity index (χ1) is 6.00. The van der Waals surface area contributed by atoms with Gasteiger partial charge < -0.3 is 4.74 Å². The highest BCUT2D eigenvalue weighted by Gasteiger charge is 2.11. The summed E-state index contributed by atoms with van der Waals surface area (Å²) in [6.45, 7) is -3.06. The Labute approximate surface area is 79.4 Å². The number of rotatable bonds is 2. The van der Waals surface area contributed by atoms with Crippen molar-refractivity contribution in [2.24, 2.45) is 0 Å². The molecule has 1 aromatic rings. The molecule has 1 rings (SSSR count). The average Bonchev–Trinajstić information content (AvgIpc) is 1.98. The smallest absolute Gasteiger partial charge is 0.387 e. The van der Waals surface area contributed by atoms with Crippen LogP contribution in [0.1, 0.15) is 0 Å². The van der Waals surface area contributed by atoms with Crippen molar-refractivity contribution in [2.75, 3.05) is 0 Å². The molecule has 0 bridgehead atoms. The van der Waals surface area contributed by atoms with Gasteiger partial charge in [0.15, 0.2) is 11.6 Å². The van der Waals surface area contributed by atoms with Gasteiger partial charge in [0.2, 0.25) is 0 Å². The molecule has 1 nitrogen and oxygen atoms in total. The number of hydrogen-bond acceptors (Lipinski definition) is 1. The van der Waals surface area contributed by atoms with Crippen molar-refractivity contribution >= 4 is 15.9 Å². The molecule has 0 saturated heterocycles. The lowest BCUT2D eigenvalue weighted by Crippen LogP contribution is -2.02. The van der Waals surface area contributed by atoms with E-state index in [4.69, 9.17) is 0 Å². The average molecular weight is 259 g/mol. The van der Waals surface area contributed by atoms with Crippen LogP contribution in [0.15, 0.2) is 16.6 Å². The molecule has 6 heteroatoms. The first kappa shape index (κ1) is 10.3. The molecule has 0 fully saturated rings. The third kappa shape index (κ3) is 2.58. The highest BCUT2D eigenvalue weighted by atomic mass is 79.9. The van der Waals surface area contributed by atoms with E-state index in [0.29, 0.717) is 6.07 Å². The molecule has 0 aliphatic rings. The fourth-order valence-electron chi connectivity index (χ4n) is 0.703. The van der Waals surface area contributed by atoms with Gasteiger partial charge in [-0.25, -0.2) is 8.78 Å². The van der Waals surface area contributed by atoms with Crippen LogP contribution in [-0.2, 0) is 0 Å². The summed E-state index contributed by atoms with van der Waals surface area (Å²) in [6, 6.07) is 1.47. The zero-order valence-corrected chi connectivity index (χ0v) is 7.62. The van der Waals surface area contributed by atoms with Gasteiger partial charge in [0.25, 0.3) is 0 Å². The third-order valence-electron chi connectivity index (χ3n) is 1.18. The summed E-state index contributed by atoms with van der Waals surface area (Å²) in [5, 5.41) is 0. The maximum Gasteiger partial charge on any atom is 0.387 e. The minimum absolute atomic E-state index is 0.261. The van der Waals surface area contributed by atoms with Crippen LogP contribution in [0, 0.1) is 11.6 Å². The Morgan fingerprint density at radius 3 is 2.31 bits per heavy atom. The molecule has 0 unspecified atom stereocenters. The van der Waals surface area contributed by atoms with Gasteiger partial charge in [0.05, 0.1) is 4.47 Å². The van der Waals surface area contributed by atoms with Gasteiger partial charge in [-0.2, -0.15) is 8.78 Å². The summed E-state index contributed by atoms with van der Waals surface area (Å²) in [4.78, 5) is 0. The molecule has 0 saturated carbocycles. The van der Waals surface area contributed by atoms with Gasteiger partial charge in [-0.05, 0) is 22.0 Å². The van der Waals surface area contributed by atoms with Crippen molar-refractivity contribution in [3.05, 3.63) is 28.2 Å². The topological polar surface area (TPSA) is 9.23 Å². The zero-order valence-electron chi connectivity index (χ0n) is 6.03. The van der Waals surface area contributed by atoms with Crippen LogP contribution in [0.2, 0.25) is 0 Å². The fourth-order valence-corrected chi connectivity index (χ4v) is 1.12. The largest absolute Gasteiger partial charge is 0.435 e. The highest BCUT2D eigenvalue weighted by molar-refractivity contribution is 9.10. The van der Waals surface area contributed by atoms with E-state index < -0.39 is 24.0 Å². The normalized spacial score (nSPS) is 10.6. The molecule has 0 N–H and O–H groups in total. The fraction of sp³-hybridized carbons (Fsp3) is 0.143. The van der Waals surface area contributed by atoms with Gasteiger partial charge in [-0.3, -0.25) is 0 Å². The Kier molecular flexibility index (Phi) is 3.13. The quantitative estimate of drug-likeness (QED) is 0.584. The molecule has 1 aromatic carbocycles. The summed E-state index contributed by atoms with van der Waals surface area (Å²) < 4.78 is 52.0. The van der Waals surface area contributed by atoms with Crippen LogP contribution < -0.4 is 4.74 Å². The van der Waals surface area contributed by atoms with Crippen molar-refractivity contribution in [3.8, 4) is 5.75 Å². The maximum absolute atomic E-state index is 12.6. The molecule has 0 aliphatic carbocycles. The van der Waals surface area contributed by atoms with Crippen LogP contribution in [0.4, 0.5) is 17.6 Å². The van der Waals surface area contributed by atoms with E-state index in [2.05, 4.69) is 20.7 Å². The van der Waals surface area contributed by atoms with Crippen molar-refractivity contribution in [1.82, 2.24) is 0 Å². The van der Waals surface area contributed by atoms with Crippen LogP contribution in [-0.4, -0.2) is 6.61 Å². The summed E-state index contributed by atoms with van der Waals surface area (Å²) in [7, 11) is 0. The molecule has 0 radical (unpaired) electrons. The molecule has 13 heavy (non-hydrogen) atoms. The van der Waals surface area contributed by atoms with E-state index in [1.54, 1.807) is 0 Å². The summed E-state index contributed by atoms with van der Waals surface area (Å²) in [6.07, 6.45) is 0. The molecule has 0 aliphatic heterocycles. The van der Waals surface area contributed by atoms with Gasteiger partial charge >= 0.3 is 6.61 Å². The lowest BCUT2D eigenvalue weighted by molar-refractivity contribution is -0.0501. The van der Waals surface area contributed by atoms with Crippen LogP contribution in [0.5, 0.6) is 5.75 Å². The molecule has 0 amide bonds. The lowest BCUT2D eigenvalue weighted by Gasteiger charge is -2.05. The summed E-state index contributed by atoms with van der Waals surface area (Å²) in [5.41, 5.74) is 0. The van der Waals surface area contributed by atoms with Crippen LogP contribution in [0.25, 0.3) is 0 Å². The van der Waals surface area contributed by atoms with Gasteiger partial charge in [0, 0.05) is 6.07 Å². The molecule has 0 spiro atoms. The van der Waals surface area contributed by atoms with Crippen LogP contribution >= 0.6 is 15.9 Å². The number of benzene rings is 1. The minimum Gasteiger partial charge on any atom is -0.435 e. The van der Waals surface area contributed by atoms with E-state index in [-0.39, 0.29) is 4.47 Å². The maximum atomic E-state index is 12.6. The van der Waals surface area contributed by atoms with E-state index >= 15 is 0 Å². The predicted octanol–water partition coefficient (Wildman–Crippen LogP) is 3.33. The second-order valence-electron chi connectivity index (χ2n) is 2.08. The Morgan fingerprint density at radius 1 is 1.23 bits per heavy atom. The lowest BCUT2D eigenvalue weighted by atomic mass is 10.3. The number of halogens is 5. The zero-order chi connectivity index (χ0) is 10.0. The van der Waals surface area contributed by atoms with E-state index in [0.717, 1.165) is 6.07 Å². The molecule has 0 aromatic heterocycles. The second kappa shape index (κ2) is 3.95. The first-order valence-corrected chi connectivity index (χ1v) is 3.89. The van der Waals surface area contributed by atoms with Crippen molar-refractivity contribution < 1.29 is 22.3 Å². The number of alkyl halides is 2. The molecule has 0 atom stereocenters. The van der Waals surface area contributed by atoms with E-state index in [1.165, 1.54) is 0 Å². The third-order valence-corrected chi connectivity index (χ3v) is 1.76. The number of hydrogen-bond donors (Lipinski definition) is 0. The summed E-state index contributed by atoms with van der Waals surface area (Å²) >= 11 is 2.65. The molecular formula is C7H3BrF4O. The van der Waals surface area contributed by atoms with E-state index in [1.807, 2.05) is 0 Å². The standard InChI is InChI=1S/C7H3BrF4O/c8-4-1-3(13-7(11)12)2-5(9)6(4)10/h1-2,7H. The SMILES string of the molecule is Fc1cc(OC(F)F)cc(Br)c1F. The predicted molar refractivity (Wildman–Crippen MR) is 40.7 cm³/mol. The van der Waals surface area contributed by atoms with Crippen molar-refractivity contribution in [3.63, 3.8) is 0 Å². The summed E-state index contributed by atoms with van der Waals surface area (Å²) in [5.74, 6) is -2.81. The first-order valence-electron chi connectivity index (χ1n) is 3.10. The Balaban J connectivity index is 2.99.